The molecule has 2 aliphatic rings. The Morgan fingerprint density at radius 3 is 2.54 bits per heavy atom. The highest BCUT2D eigenvalue weighted by Crippen LogP contribution is 2.42. The van der Waals surface area contributed by atoms with Crippen molar-refractivity contribution in [1.82, 2.24) is 0 Å². The minimum absolute atomic E-state index is 0.184. The number of nitrogens with one attached hydrogen (secondary N) is 1. The number of allylic oxidation sites excluding steroid dienone is 2. The van der Waals surface area contributed by atoms with Gasteiger partial charge in [-0.2, -0.15) is 0 Å². The van der Waals surface area contributed by atoms with E-state index in [2.05, 4.69) is 25.7 Å². The first-order valence-corrected chi connectivity index (χ1v) is 9.69. The van der Waals surface area contributed by atoms with Crippen LogP contribution in [0.4, 0.5) is 11.4 Å². The molecule has 6 nitrogen and oxygen atoms in total. The van der Waals surface area contributed by atoms with Crippen LogP contribution in [0.2, 0.25) is 0 Å². The number of aromatic carboxylic acids is 1. The maximum Gasteiger partial charge on any atom is 0.336 e. The van der Waals surface area contributed by atoms with E-state index in [4.69, 9.17) is 4.74 Å². The van der Waals surface area contributed by atoms with Crippen LogP contribution in [-0.2, 0) is 9.53 Å². The van der Waals surface area contributed by atoms with Crippen molar-refractivity contribution >= 4 is 23.3 Å². The summed E-state index contributed by atoms with van der Waals surface area (Å²) in [6.07, 6.45) is 1.71. The number of nitrogens with zero attached hydrogens (tertiary/aromatic N) is 1. The van der Waals surface area contributed by atoms with Crippen molar-refractivity contribution in [2.24, 2.45) is 11.8 Å². The third-order valence-corrected chi connectivity index (χ3v) is 5.72. The molecule has 1 aromatic rings. The zero-order chi connectivity index (χ0) is 20.6. The molecule has 0 atom stereocenters. The number of amides is 1. The number of carbonyl (C=O) groups excluding carboxylic acids is 1. The molecule has 0 radical (unpaired) electrons. The number of carboxylic acid groups (broad SMARTS) is 1. The molecule has 0 aromatic heterocycles. The van der Waals surface area contributed by atoms with Crippen LogP contribution in [0.15, 0.2) is 35.7 Å². The van der Waals surface area contributed by atoms with E-state index in [9.17, 15) is 14.7 Å². The van der Waals surface area contributed by atoms with Crippen molar-refractivity contribution < 1.29 is 19.4 Å². The maximum absolute atomic E-state index is 13.0. The monoisotopic (exact) mass is 384 g/mol. The van der Waals surface area contributed by atoms with Crippen LogP contribution in [0, 0.1) is 18.8 Å². The summed E-state index contributed by atoms with van der Waals surface area (Å²) in [5, 5.41) is 12.3. The molecule has 2 N–H and O–H groups in total. The number of anilines is 2. The van der Waals surface area contributed by atoms with Crippen molar-refractivity contribution in [1.29, 1.82) is 0 Å². The summed E-state index contributed by atoms with van der Waals surface area (Å²) in [5.74, 6) is -0.843. The predicted molar refractivity (Wildman–Crippen MR) is 109 cm³/mol. The lowest BCUT2D eigenvalue weighted by atomic mass is 9.92. The van der Waals surface area contributed by atoms with Gasteiger partial charge in [-0.25, -0.2) is 4.79 Å². The maximum atomic E-state index is 13.0. The van der Waals surface area contributed by atoms with Gasteiger partial charge in [0.25, 0.3) is 5.91 Å². The summed E-state index contributed by atoms with van der Waals surface area (Å²) >= 11 is 0. The number of benzene rings is 1. The second-order valence-corrected chi connectivity index (χ2v) is 7.84. The van der Waals surface area contributed by atoms with Gasteiger partial charge < -0.3 is 20.1 Å². The Morgan fingerprint density at radius 2 is 1.96 bits per heavy atom. The lowest BCUT2D eigenvalue weighted by molar-refractivity contribution is -0.113. The first-order chi connectivity index (χ1) is 13.2. The van der Waals surface area contributed by atoms with E-state index in [0.29, 0.717) is 30.2 Å². The molecule has 6 heteroatoms. The standard InChI is InChI=1S/C22H28N2O4/c1-12(2)14(4)20-21(25)23-18-11-17(22(26)27)13(3)10-19(18)24(20)15(5)16-6-8-28-9-7-16/h10-12,16H,5-9H2,1-4H3,(H,23,25)(H,26,27)/b20-14-. The Labute approximate surface area is 165 Å². The number of hydrogen-bond donors (Lipinski definition) is 2. The average molecular weight is 384 g/mol. The molecule has 1 amide bonds. The van der Waals surface area contributed by atoms with Crippen molar-refractivity contribution in [3.8, 4) is 0 Å². The minimum Gasteiger partial charge on any atom is -0.478 e. The summed E-state index contributed by atoms with van der Waals surface area (Å²) in [5.41, 5.74) is 4.52. The highest BCUT2D eigenvalue weighted by atomic mass is 16.5. The third-order valence-electron chi connectivity index (χ3n) is 5.72. The molecule has 1 aromatic carbocycles. The first-order valence-electron chi connectivity index (χ1n) is 9.69. The van der Waals surface area contributed by atoms with E-state index in [-0.39, 0.29) is 23.3 Å². The number of hydrogen-bond acceptors (Lipinski definition) is 4. The van der Waals surface area contributed by atoms with Crippen LogP contribution in [0.25, 0.3) is 0 Å². The van der Waals surface area contributed by atoms with Crippen LogP contribution in [-0.4, -0.2) is 30.2 Å². The number of carboxylic acids is 1. The summed E-state index contributed by atoms with van der Waals surface area (Å²) in [7, 11) is 0. The molecule has 1 saturated heterocycles. The van der Waals surface area contributed by atoms with Crippen molar-refractivity contribution in [2.45, 2.75) is 40.5 Å². The normalized spacial score (nSPS) is 19.3. The molecule has 0 unspecified atom stereocenters. The lowest BCUT2D eigenvalue weighted by Gasteiger charge is -2.40. The molecule has 0 spiro atoms. The van der Waals surface area contributed by atoms with Crippen molar-refractivity contribution in [3.05, 3.63) is 46.8 Å². The lowest BCUT2D eigenvalue weighted by Crippen LogP contribution is -2.39. The van der Waals surface area contributed by atoms with Gasteiger partial charge in [-0.3, -0.25) is 4.79 Å². The Hall–Kier alpha value is -2.60. The summed E-state index contributed by atoms with van der Waals surface area (Å²) in [4.78, 5) is 26.5. The number of fused-ring (bicyclic) bond motifs is 1. The highest BCUT2D eigenvalue weighted by Gasteiger charge is 2.35. The average Bonchev–Trinajstić information content (AvgIpc) is 2.66. The molecular weight excluding hydrogens is 356 g/mol. The minimum atomic E-state index is -1.01. The van der Waals surface area contributed by atoms with Crippen LogP contribution in [0.5, 0.6) is 0 Å². The molecule has 0 saturated carbocycles. The number of carbonyl (C=O) groups is 2. The third kappa shape index (κ3) is 3.56. The zero-order valence-electron chi connectivity index (χ0n) is 17.0. The van der Waals surface area contributed by atoms with Gasteiger partial charge >= 0.3 is 5.97 Å². The number of aryl methyl sites for hydroxylation is 1. The Morgan fingerprint density at radius 1 is 1.32 bits per heavy atom. The van der Waals surface area contributed by atoms with E-state index < -0.39 is 5.97 Å². The van der Waals surface area contributed by atoms with Crippen LogP contribution < -0.4 is 10.2 Å². The van der Waals surface area contributed by atoms with Gasteiger partial charge in [0.2, 0.25) is 0 Å². The molecule has 150 valence electrons. The molecular formula is C22H28N2O4. The topological polar surface area (TPSA) is 78.9 Å². The number of rotatable bonds is 4. The fourth-order valence-electron chi connectivity index (χ4n) is 3.75. The fraction of sp³-hybridized carbons (Fsp3) is 0.455. The summed E-state index contributed by atoms with van der Waals surface area (Å²) in [6.45, 7) is 13.6. The van der Waals surface area contributed by atoms with Gasteiger partial charge in [-0.1, -0.05) is 20.4 Å². The quantitative estimate of drug-likeness (QED) is 0.756. The molecule has 1 fully saturated rings. The first kappa shape index (κ1) is 20.1. The Balaban J connectivity index is 2.19. The SMILES string of the molecule is C=C(C1CCOCC1)N1/C(=C(/C)C(C)C)C(=O)Nc2cc(C(=O)O)c(C)cc21. The Kier molecular flexibility index (Phi) is 5.61. The van der Waals surface area contributed by atoms with E-state index in [1.807, 2.05) is 17.9 Å². The molecule has 28 heavy (non-hydrogen) atoms. The van der Waals surface area contributed by atoms with E-state index >= 15 is 0 Å². The highest BCUT2D eigenvalue weighted by molar-refractivity contribution is 6.13. The molecule has 3 rings (SSSR count). The smallest absolute Gasteiger partial charge is 0.336 e. The second-order valence-electron chi connectivity index (χ2n) is 7.84. The van der Waals surface area contributed by atoms with Crippen molar-refractivity contribution in [3.63, 3.8) is 0 Å². The second kappa shape index (κ2) is 7.80. The summed E-state index contributed by atoms with van der Waals surface area (Å²) < 4.78 is 5.49. The molecule has 2 aliphatic heterocycles. The van der Waals surface area contributed by atoms with Crippen molar-refractivity contribution in [2.75, 3.05) is 23.4 Å². The van der Waals surface area contributed by atoms with Gasteiger partial charge in [-0.15, -0.1) is 0 Å². The van der Waals surface area contributed by atoms with Gasteiger partial charge in [0.05, 0.1) is 16.9 Å². The molecule has 0 bridgehead atoms. The molecule has 0 aliphatic carbocycles. The summed E-state index contributed by atoms with van der Waals surface area (Å²) in [6, 6.07) is 3.37. The van der Waals surface area contributed by atoms with E-state index in [1.54, 1.807) is 6.92 Å². The van der Waals surface area contributed by atoms with Gasteiger partial charge in [0.15, 0.2) is 0 Å². The van der Waals surface area contributed by atoms with Crippen LogP contribution in [0.3, 0.4) is 0 Å². The van der Waals surface area contributed by atoms with E-state index in [0.717, 1.165) is 29.8 Å². The largest absolute Gasteiger partial charge is 0.478 e. The fourth-order valence-corrected chi connectivity index (χ4v) is 3.75. The Bertz CT molecular complexity index is 864. The van der Waals surface area contributed by atoms with Gasteiger partial charge in [-0.05, 0) is 55.9 Å². The zero-order valence-corrected chi connectivity index (χ0v) is 17.0. The molecule has 2 heterocycles. The van der Waals surface area contributed by atoms with Crippen LogP contribution >= 0.6 is 0 Å². The van der Waals surface area contributed by atoms with E-state index in [1.165, 1.54) is 6.07 Å². The van der Waals surface area contributed by atoms with Gasteiger partial charge in [0.1, 0.15) is 5.70 Å². The van der Waals surface area contributed by atoms with Crippen LogP contribution in [0.1, 0.15) is 49.5 Å². The predicted octanol–water partition coefficient (Wildman–Crippen LogP) is 4.32. The van der Waals surface area contributed by atoms with Gasteiger partial charge in [0, 0.05) is 24.8 Å². The number of ether oxygens (including phenoxy) is 1.